The quantitative estimate of drug-likeness (QED) is 0.540. The van der Waals surface area contributed by atoms with Gasteiger partial charge in [-0.25, -0.2) is 9.18 Å². The molecule has 1 rings (SSSR count). The number of esters is 1. The molecule has 1 aromatic rings. The summed E-state index contributed by atoms with van der Waals surface area (Å²) in [6, 6.07) is 3.56. The highest BCUT2D eigenvalue weighted by molar-refractivity contribution is 5.89. The second-order valence-electron chi connectivity index (χ2n) is 2.30. The van der Waals surface area contributed by atoms with Crippen molar-refractivity contribution in [3.05, 3.63) is 29.6 Å². The van der Waals surface area contributed by atoms with Crippen LogP contribution in [0, 0.1) is 5.82 Å². The van der Waals surface area contributed by atoms with E-state index in [2.05, 4.69) is 4.74 Å². The zero-order chi connectivity index (χ0) is 9.84. The normalized spacial score (nSPS) is 9.46. The second kappa shape index (κ2) is 3.86. The molecule has 2 N–H and O–H groups in total. The van der Waals surface area contributed by atoms with E-state index in [-0.39, 0.29) is 11.3 Å². The molecule has 0 saturated carbocycles. The first-order valence-corrected chi connectivity index (χ1v) is 3.47. The molecule has 0 aliphatic heterocycles. The molecule has 0 aromatic heterocycles. The van der Waals surface area contributed by atoms with Crippen LogP contribution >= 0.6 is 0 Å². The molecule has 0 unspecified atom stereocenters. The van der Waals surface area contributed by atoms with Gasteiger partial charge in [0.15, 0.2) is 0 Å². The van der Waals surface area contributed by atoms with Crippen LogP contribution in [0.5, 0.6) is 0 Å². The second-order valence-corrected chi connectivity index (χ2v) is 2.30. The summed E-state index contributed by atoms with van der Waals surface area (Å²) in [5.41, 5.74) is 1.66. The predicted molar refractivity (Wildman–Crippen MR) is 43.1 cm³/mol. The SMILES string of the molecule is COC(=O)c1ccc(NO)c(F)c1. The Morgan fingerprint density at radius 1 is 1.62 bits per heavy atom. The van der Waals surface area contributed by atoms with Crippen molar-refractivity contribution in [2.75, 3.05) is 12.6 Å². The van der Waals surface area contributed by atoms with Crippen molar-refractivity contribution in [2.45, 2.75) is 0 Å². The van der Waals surface area contributed by atoms with Crippen LogP contribution in [-0.4, -0.2) is 18.3 Å². The number of halogens is 1. The van der Waals surface area contributed by atoms with E-state index in [1.54, 1.807) is 5.48 Å². The standard InChI is InChI=1S/C8H8FNO3/c1-13-8(11)5-2-3-7(10-12)6(9)4-5/h2-4,10,12H,1H3. The molecule has 4 nitrogen and oxygen atoms in total. The summed E-state index contributed by atoms with van der Waals surface area (Å²) in [5.74, 6) is -1.34. The minimum absolute atomic E-state index is 0.0901. The number of rotatable bonds is 2. The number of carbonyl (C=O) groups excluding carboxylic acids is 1. The highest BCUT2D eigenvalue weighted by atomic mass is 19.1. The molecular weight excluding hydrogens is 177 g/mol. The third-order valence-corrected chi connectivity index (χ3v) is 1.51. The fourth-order valence-corrected chi connectivity index (χ4v) is 0.851. The summed E-state index contributed by atoms with van der Waals surface area (Å²) in [7, 11) is 1.21. The number of hydrogen-bond acceptors (Lipinski definition) is 4. The van der Waals surface area contributed by atoms with E-state index in [1.165, 1.54) is 19.2 Å². The van der Waals surface area contributed by atoms with Crippen LogP contribution in [0.3, 0.4) is 0 Å². The number of carbonyl (C=O) groups is 1. The van der Waals surface area contributed by atoms with Gasteiger partial charge in [-0.05, 0) is 18.2 Å². The third-order valence-electron chi connectivity index (χ3n) is 1.51. The Balaban J connectivity index is 3.02. The lowest BCUT2D eigenvalue weighted by Gasteiger charge is -2.02. The topological polar surface area (TPSA) is 58.6 Å². The smallest absolute Gasteiger partial charge is 0.337 e. The monoisotopic (exact) mass is 185 g/mol. The Bertz CT molecular complexity index is 327. The van der Waals surface area contributed by atoms with E-state index in [4.69, 9.17) is 5.21 Å². The van der Waals surface area contributed by atoms with Crippen molar-refractivity contribution in [3.8, 4) is 0 Å². The Morgan fingerprint density at radius 3 is 2.77 bits per heavy atom. The number of benzene rings is 1. The molecular formula is C8H8FNO3. The van der Waals surface area contributed by atoms with Crippen molar-refractivity contribution in [1.82, 2.24) is 0 Å². The minimum atomic E-state index is -0.717. The molecule has 0 fully saturated rings. The van der Waals surface area contributed by atoms with Gasteiger partial charge in [-0.2, -0.15) is 0 Å². The summed E-state index contributed by atoms with van der Waals surface area (Å²) in [5, 5.41) is 8.40. The van der Waals surface area contributed by atoms with Crippen LogP contribution in [0.4, 0.5) is 10.1 Å². The molecule has 13 heavy (non-hydrogen) atoms. The number of nitrogens with one attached hydrogen (secondary N) is 1. The summed E-state index contributed by atoms with van der Waals surface area (Å²) in [4.78, 5) is 10.9. The molecule has 70 valence electrons. The Labute approximate surface area is 73.9 Å². The summed E-state index contributed by atoms with van der Waals surface area (Å²) < 4.78 is 17.3. The van der Waals surface area contributed by atoms with Gasteiger partial charge in [-0.15, -0.1) is 0 Å². The average Bonchev–Trinajstić information content (AvgIpc) is 2.16. The maximum absolute atomic E-state index is 12.9. The van der Waals surface area contributed by atoms with E-state index in [0.717, 1.165) is 6.07 Å². The predicted octanol–water partition coefficient (Wildman–Crippen LogP) is 1.41. The highest BCUT2D eigenvalue weighted by Gasteiger charge is 2.08. The molecule has 0 aliphatic carbocycles. The molecule has 0 spiro atoms. The Morgan fingerprint density at radius 2 is 2.31 bits per heavy atom. The van der Waals surface area contributed by atoms with Gasteiger partial charge in [-0.1, -0.05) is 0 Å². The van der Waals surface area contributed by atoms with Crippen LogP contribution < -0.4 is 5.48 Å². The van der Waals surface area contributed by atoms with Crippen molar-refractivity contribution in [2.24, 2.45) is 0 Å². The largest absolute Gasteiger partial charge is 0.465 e. The molecule has 0 heterocycles. The van der Waals surface area contributed by atoms with E-state index in [0.29, 0.717) is 0 Å². The first kappa shape index (κ1) is 9.47. The average molecular weight is 185 g/mol. The summed E-state index contributed by atoms with van der Waals surface area (Å²) in [6.45, 7) is 0. The van der Waals surface area contributed by atoms with Gasteiger partial charge in [-0.3, -0.25) is 10.7 Å². The fraction of sp³-hybridized carbons (Fsp3) is 0.125. The zero-order valence-electron chi connectivity index (χ0n) is 6.87. The van der Waals surface area contributed by atoms with E-state index < -0.39 is 11.8 Å². The molecule has 0 bridgehead atoms. The first-order valence-electron chi connectivity index (χ1n) is 3.47. The third kappa shape index (κ3) is 1.94. The Kier molecular flexibility index (Phi) is 2.81. The molecule has 0 aliphatic rings. The van der Waals surface area contributed by atoms with Crippen LogP contribution in [0.2, 0.25) is 0 Å². The number of methoxy groups -OCH3 is 1. The van der Waals surface area contributed by atoms with E-state index >= 15 is 0 Å². The molecule has 5 heteroatoms. The van der Waals surface area contributed by atoms with Gasteiger partial charge in [0.25, 0.3) is 0 Å². The molecule has 0 saturated heterocycles. The van der Waals surface area contributed by atoms with Crippen molar-refractivity contribution >= 4 is 11.7 Å². The number of ether oxygens (including phenoxy) is 1. The lowest BCUT2D eigenvalue weighted by molar-refractivity contribution is 0.0600. The van der Waals surface area contributed by atoms with Crippen molar-refractivity contribution < 1.29 is 19.1 Å². The van der Waals surface area contributed by atoms with E-state index in [1.807, 2.05) is 0 Å². The first-order chi connectivity index (χ1) is 6.19. The maximum atomic E-state index is 12.9. The van der Waals surface area contributed by atoms with E-state index in [9.17, 15) is 9.18 Å². The molecule has 0 atom stereocenters. The molecule has 1 aromatic carbocycles. The van der Waals surface area contributed by atoms with Crippen LogP contribution in [0.1, 0.15) is 10.4 Å². The van der Waals surface area contributed by atoms with Crippen molar-refractivity contribution in [1.29, 1.82) is 0 Å². The number of hydrogen-bond donors (Lipinski definition) is 2. The van der Waals surface area contributed by atoms with Gasteiger partial charge < -0.3 is 4.74 Å². The fourth-order valence-electron chi connectivity index (χ4n) is 0.851. The van der Waals surface area contributed by atoms with Gasteiger partial charge >= 0.3 is 5.97 Å². The lowest BCUT2D eigenvalue weighted by atomic mass is 10.2. The van der Waals surface area contributed by atoms with Crippen LogP contribution in [0.15, 0.2) is 18.2 Å². The van der Waals surface area contributed by atoms with Crippen molar-refractivity contribution in [3.63, 3.8) is 0 Å². The summed E-state index contributed by atoms with van der Waals surface area (Å²) >= 11 is 0. The van der Waals surface area contributed by atoms with Crippen LogP contribution in [0.25, 0.3) is 0 Å². The zero-order valence-corrected chi connectivity index (χ0v) is 6.87. The van der Waals surface area contributed by atoms with Gasteiger partial charge in [0.1, 0.15) is 5.82 Å². The van der Waals surface area contributed by atoms with Gasteiger partial charge in [0.2, 0.25) is 0 Å². The number of anilines is 1. The summed E-state index contributed by atoms with van der Waals surface area (Å²) in [6.07, 6.45) is 0. The van der Waals surface area contributed by atoms with Gasteiger partial charge in [0, 0.05) is 0 Å². The molecule has 0 amide bonds. The lowest BCUT2D eigenvalue weighted by Crippen LogP contribution is -2.03. The van der Waals surface area contributed by atoms with Gasteiger partial charge in [0.05, 0.1) is 18.4 Å². The van der Waals surface area contributed by atoms with Crippen LogP contribution in [-0.2, 0) is 4.74 Å². The Hall–Kier alpha value is -1.62. The minimum Gasteiger partial charge on any atom is -0.465 e. The molecule has 0 radical (unpaired) electrons. The highest BCUT2D eigenvalue weighted by Crippen LogP contribution is 2.15. The maximum Gasteiger partial charge on any atom is 0.337 e.